The molecule has 0 bridgehead atoms. The monoisotopic (exact) mass is 543 g/mol. The molecule has 1 amide bonds. The van der Waals surface area contributed by atoms with Crippen molar-refractivity contribution in [2.75, 3.05) is 11.5 Å². The summed E-state index contributed by atoms with van der Waals surface area (Å²) < 4.78 is 31.9. The average molecular weight is 544 g/mol. The van der Waals surface area contributed by atoms with Gasteiger partial charge in [0.1, 0.15) is 23.0 Å². The standard InChI is InChI=1S/C29H22FN3O5S/c1-3-36-23-13-18(9-11-22(23)37-15-17-7-5-4-6-8-17)25-24-26(34)20-14-19(30)10-12-21(20)38-27(24)28(35)33(25)29-32-31-16(2)39-29/h4-14,25H,3,15H2,1-2H3. The van der Waals surface area contributed by atoms with Gasteiger partial charge in [0.2, 0.25) is 10.9 Å². The van der Waals surface area contributed by atoms with Gasteiger partial charge in [-0.15, -0.1) is 10.2 Å². The molecular formula is C29H22FN3O5S. The fourth-order valence-corrected chi connectivity index (χ4v) is 5.37. The van der Waals surface area contributed by atoms with E-state index in [-0.39, 0.29) is 22.3 Å². The minimum absolute atomic E-state index is 0.0506. The number of benzene rings is 3. The number of carbonyl (C=O) groups is 1. The third-order valence-corrected chi connectivity index (χ3v) is 7.21. The molecule has 3 aromatic carbocycles. The van der Waals surface area contributed by atoms with E-state index in [4.69, 9.17) is 13.9 Å². The first kappa shape index (κ1) is 24.7. The van der Waals surface area contributed by atoms with E-state index in [0.29, 0.717) is 40.4 Å². The Morgan fingerprint density at radius 2 is 1.82 bits per heavy atom. The van der Waals surface area contributed by atoms with Crippen LogP contribution in [0.1, 0.15) is 45.2 Å². The fraction of sp³-hybridized carbons (Fsp3) is 0.172. The number of nitrogens with zero attached hydrogens (tertiary/aromatic N) is 3. The molecule has 0 N–H and O–H groups in total. The lowest BCUT2D eigenvalue weighted by Gasteiger charge is -2.23. The number of aryl methyl sites for hydroxylation is 1. The van der Waals surface area contributed by atoms with Gasteiger partial charge in [0.05, 0.1) is 23.6 Å². The molecule has 196 valence electrons. The number of amides is 1. The van der Waals surface area contributed by atoms with Crippen molar-refractivity contribution >= 4 is 33.3 Å². The van der Waals surface area contributed by atoms with Crippen LogP contribution in [-0.2, 0) is 6.61 Å². The number of aromatic nitrogens is 2. The molecule has 10 heteroatoms. The first-order valence-electron chi connectivity index (χ1n) is 12.3. The Bertz CT molecular complexity index is 1770. The van der Waals surface area contributed by atoms with Gasteiger partial charge in [0, 0.05) is 0 Å². The molecule has 0 fully saturated rings. The van der Waals surface area contributed by atoms with Crippen LogP contribution in [-0.4, -0.2) is 22.7 Å². The number of hydrogen-bond donors (Lipinski definition) is 0. The van der Waals surface area contributed by atoms with Gasteiger partial charge in [0.25, 0.3) is 5.91 Å². The molecule has 0 saturated heterocycles. The third-order valence-electron chi connectivity index (χ3n) is 6.37. The van der Waals surface area contributed by atoms with E-state index >= 15 is 0 Å². The summed E-state index contributed by atoms with van der Waals surface area (Å²) in [5.41, 5.74) is 1.31. The molecule has 0 spiro atoms. The van der Waals surface area contributed by atoms with Crippen LogP contribution in [0.15, 0.2) is 75.9 Å². The van der Waals surface area contributed by atoms with E-state index in [1.807, 2.05) is 37.3 Å². The second-order valence-corrected chi connectivity index (χ2v) is 10.1. The van der Waals surface area contributed by atoms with Crippen LogP contribution in [0, 0.1) is 12.7 Å². The van der Waals surface area contributed by atoms with Gasteiger partial charge < -0.3 is 13.9 Å². The lowest BCUT2D eigenvalue weighted by molar-refractivity contribution is 0.0970. The summed E-state index contributed by atoms with van der Waals surface area (Å²) in [4.78, 5) is 28.8. The van der Waals surface area contributed by atoms with E-state index < -0.39 is 23.2 Å². The van der Waals surface area contributed by atoms with E-state index in [1.54, 1.807) is 25.1 Å². The molecule has 1 aliphatic heterocycles. The van der Waals surface area contributed by atoms with E-state index in [2.05, 4.69) is 10.2 Å². The van der Waals surface area contributed by atoms with Crippen LogP contribution in [0.3, 0.4) is 0 Å². The molecule has 1 unspecified atom stereocenters. The number of carbonyl (C=O) groups excluding carboxylic acids is 1. The summed E-state index contributed by atoms with van der Waals surface area (Å²) in [5.74, 6) is -0.252. The van der Waals surface area contributed by atoms with Gasteiger partial charge in [-0.25, -0.2) is 4.39 Å². The molecule has 0 aliphatic carbocycles. The van der Waals surface area contributed by atoms with Crippen LogP contribution in [0.4, 0.5) is 9.52 Å². The molecule has 2 aromatic heterocycles. The highest BCUT2D eigenvalue weighted by molar-refractivity contribution is 7.15. The number of fused-ring (bicyclic) bond motifs is 2. The van der Waals surface area contributed by atoms with Crippen LogP contribution in [0.2, 0.25) is 0 Å². The van der Waals surface area contributed by atoms with Crippen LogP contribution in [0.25, 0.3) is 11.0 Å². The predicted molar refractivity (Wildman–Crippen MR) is 144 cm³/mol. The topological polar surface area (TPSA) is 94.8 Å². The molecule has 1 aliphatic rings. The van der Waals surface area contributed by atoms with Crippen molar-refractivity contribution in [2.24, 2.45) is 0 Å². The first-order valence-corrected chi connectivity index (χ1v) is 13.1. The molecule has 0 saturated carbocycles. The van der Waals surface area contributed by atoms with Crippen LogP contribution >= 0.6 is 11.3 Å². The summed E-state index contributed by atoms with van der Waals surface area (Å²) in [5, 5.41) is 9.25. The zero-order valence-corrected chi connectivity index (χ0v) is 21.8. The summed E-state index contributed by atoms with van der Waals surface area (Å²) >= 11 is 1.22. The van der Waals surface area contributed by atoms with Gasteiger partial charge in [-0.05, 0) is 55.3 Å². The van der Waals surface area contributed by atoms with Gasteiger partial charge in [-0.1, -0.05) is 47.7 Å². The molecule has 3 heterocycles. The number of hydrogen-bond acceptors (Lipinski definition) is 8. The maximum atomic E-state index is 14.1. The van der Waals surface area contributed by atoms with Crippen LogP contribution in [0.5, 0.6) is 11.5 Å². The van der Waals surface area contributed by atoms with Crippen molar-refractivity contribution < 1.29 is 23.1 Å². The molecule has 8 nitrogen and oxygen atoms in total. The largest absolute Gasteiger partial charge is 0.490 e. The molecule has 39 heavy (non-hydrogen) atoms. The van der Waals surface area contributed by atoms with Gasteiger partial charge in [0.15, 0.2) is 16.9 Å². The molecular weight excluding hydrogens is 521 g/mol. The third kappa shape index (κ3) is 4.42. The van der Waals surface area contributed by atoms with Crippen LogP contribution < -0.4 is 19.8 Å². The van der Waals surface area contributed by atoms with Crippen molar-refractivity contribution in [2.45, 2.75) is 26.5 Å². The normalized spacial score (nSPS) is 14.6. The van der Waals surface area contributed by atoms with Crippen molar-refractivity contribution in [3.63, 3.8) is 0 Å². The lowest BCUT2D eigenvalue weighted by atomic mass is 9.98. The van der Waals surface area contributed by atoms with Crippen molar-refractivity contribution in [1.82, 2.24) is 10.2 Å². The van der Waals surface area contributed by atoms with E-state index in [1.165, 1.54) is 28.4 Å². The Hall–Kier alpha value is -4.57. The second-order valence-electron chi connectivity index (χ2n) is 8.91. The number of halogens is 1. The molecule has 6 rings (SSSR count). The zero-order chi connectivity index (χ0) is 27.1. The maximum absolute atomic E-state index is 14.1. The van der Waals surface area contributed by atoms with Gasteiger partial charge in [-0.2, -0.15) is 0 Å². The lowest BCUT2D eigenvalue weighted by Crippen LogP contribution is -2.29. The minimum Gasteiger partial charge on any atom is -0.490 e. The zero-order valence-electron chi connectivity index (χ0n) is 21.0. The second kappa shape index (κ2) is 9.95. The molecule has 1 atom stereocenters. The SMILES string of the molecule is CCOc1cc(C2c3c(oc4ccc(F)cc4c3=O)C(=O)N2c2nnc(C)s2)ccc1OCc1ccccc1. The fourth-order valence-electron chi connectivity index (χ4n) is 4.66. The van der Waals surface area contributed by atoms with Crippen molar-refractivity contribution in [1.29, 1.82) is 0 Å². The number of rotatable bonds is 7. The Balaban J connectivity index is 1.49. The van der Waals surface area contributed by atoms with E-state index in [9.17, 15) is 14.0 Å². The highest BCUT2D eigenvalue weighted by Gasteiger charge is 2.45. The Labute approximate surface area is 226 Å². The quantitative estimate of drug-likeness (QED) is 0.255. The Morgan fingerprint density at radius 1 is 1.00 bits per heavy atom. The minimum atomic E-state index is -0.897. The highest BCUT2D eigenvalue weighted by Crippen LogP contribution is 2.44. The van der Waals surface area contributed by atoms with E-state index in [0.717, 1.165) is 11.6 Å². The molecule has 5 aromatic rings. The average Bonchev–Trinajstić information content (AvgIpc) is 3.49. The summed E-state index contributed by atoms with van der Waals surface area (Å²) in [6.07, 6.45) is 0. The smallest absolute Gasteiger partial charge is 0.297 e. The number of anilines is 1. The predicted octanol–water partition coefficient (Wildman–Crippen LogP) is 5.82. The Kier molecular flexibility index (Phi) is 6.32. The van der Waals surface area contributed by atoms with Crippen molar-refractivity contribution in [3.8, 4) is 11.5 Å². The Morgan fingerprint density at radius 3 is 2.56 bits per heavy atom. The maximum Gasteiger partial charge on any atom is 0.297 e. The number of ether oxygens (including phenoxy) is 2. The van der Waals surface area contributed by atoms with Gasteiger partial charge in [-0.3, -0.25) is 14.5 Å². The summed E-state index contributed by atoms with van der Waals surface area (Å²) in [6.45, 7) is 4.34. The van der Waals surface area contributed by atoms with Gasteiger partial charge >= 0.3 is 0 Å². The molecule has 0 radical (unpaired) electrons. The van der Waals surface area contributed by atoms with Crippen molar-refractivity contribution in [3.05, 3.63) is 110 Å². The summed E-state index contributed by atoms with van der Waals surface area (Å²) in [6, 6.07) is 17.7. The summed E-state index contributed by atoms with van der Waals surface area (Å²) in [7, 11) is 0. The highest BCUT2D eigenvalue weighted by atomic mass is 32.1. The first-order chi connectivity index (χ1) is 18.9.